The van der Waals surface area contributed by atoms with E-state index in [1.54, 1.807) is 0 Å². The summed E-state index contributed by atoms with van der Waals surface area (Å²) in [6, 6.07) is 27.0. The van der Waals surface area contributed by atoms with Gasteiger partial charge in [0.05, 0.1) is 0 Å². The molecule has 3 aromatic rings. The Kier molecular flexibility index (Phi) is 1.60. The number of hydrogen-bond acceptors (Lipinski definition) is 3. The summed E-state index contributed by atoms with van der Waals surface area (Å²) >= 11 is 0. The van der Waals surface area contributed by atoms with Crippen molar-refractivity contribution in [2.45, 2.75) is 60.0 Å². The summed E-state index contributed by atoms with van der Waals surface area (Å²) in [6.07, 6.45) is 1.29. The Hall–Kier alpha value is -3.69. The normalized spacial score (nSPS) is 56.9. The molecule has 0 bridgehead atoms. The van der Waals surface area contributed by atoms with Gasteiger partial charge in [-0.15, -0.1) is 0 Å². The van der Waals surface area contributed by atoms with Crippen molar-refractivity contribution < 1.29 is 20.9 Å². The van der Waals surface area contributed by atoms with E-state index in [9.17, 15) is 14.4 Å². The standard InChI is InChI=1S/C23H17O2.C14H9O.Fe/c24-22(20-8-4-5-9-20)17-13-19-10-14-21(15-11-19)23(25)16-12-18-6-2-1-3-7-18;15-14(13-8-4-5-9-13)11-10-12-6-2-1-3-7-12;/h1-11,14-15H,13,17H2;1-9H;. The van der Waals surface area contributed by atoms with Crippen molar-refractivity contribution in [1.82, 2.24) is 0 Å². The van der Waals surface area contributed by atoms with Gasteiger partial charge in [-0.25, -0.2) is 0 Å². The van der Waals surface area contributed by atoms with Crippen LogP contribution in [-0.4, -0.2) is 17.3 Å². The zero-order chi connectivity index (χ0) is 27.1. The van der Waals surface area contributed by atoms with Crippen LogP contribution in [0.15, 0.2) is 84.9 Å². The van der Waals surface area contributed by atoms with Crippen LogP contribution in [0.25, 0.3) is 0 Å². The fraction of sp³-hybridized carbons (Fsp3) is 0.324. The van der Waals surface area contributed by atoms with Crippen molar-refractivity contribution in [3.63, 3.8) is 0 Å². The summed E-state index contributed by atoms with van der Waals surface area (Å²) in [6.45, 7) is -4.24. The summed E-state index contributed by atoms with van der Waals surface area (Å²) < 4.78 is -0.0734. The number of fused-ring (bicyclic) bond motifs is 10. The fourth-order valence-corrected chi connectivity index (χ4v) is 96.3. The summed E-state index contributed by atoms with van der Waals surface area (Å²) in [5, 5.41) is 0. The van der Waals surface area contributed by atoms with E-state index in [4.69, 9.17) is 0 Å². The number of aryl methyl sites for hydroxylation is 1. The Morgan fingerprint density at radius 1 is 0.634 bits per heavy atom. The molecule has 0 saturated carbocycles. The molecule has 10 saturated heterocycles. The van der Waals surface area contributed by atoms with Crippen molar-refractivity contribution in [2.24, 2.45) is 0 Å². The van der Waals surface area contributed by atoms with Crippen molar-refractivity contribution >= 4 is 17.3 Å². The van der Waals surface area contributed by atoms with Crippen LogP contribution in [0.5, 0.6) is 0 Å². The molecule has 10 aliphatic heterocycles. The molecule has 0 N–H and O–H groups in total. The molecule has 13 rings (SSSR count). The molecule has 0 aromatic heterocycles. The molecule has 0 aliphatic carbocycles. The fourth-order valence-electron chi connectivity index (χ4n) is 20.7. The first kappa shape index (κ1) is 20.2. The average molecular weight is 574 g/mol. The van der Waals surface area contributed by atoms with Crippen LogP contribution in [-0.2, 0) is 22.5 Å². The van der Waals surface area contributed by atoms with Crippen LogP contribution in [0, 0.1) is 23.7 Å². The number of benzene rings is 3. The van der Waals surface area contributed by atoms with Gasteiger partial charge in [0.15, 0.2) is 0 Å². The van der Waals surface area contributed by atoms with Crippen molar-refractivity contribution in [2.75, 3.05) is 0 Å². The first-order valence-corrected chi connectivity index (χ1v) is 21.1. The van der Waals surface area contributed by atoms with E-state index >= 15 is 0 Å². The molecular formula is C37H26FeO3. The topological polar surface area (TPSA) is 51.2 Å². The Balaban J connectivity index is 0.797. The zero-order valence-corrected chi connectivity index (χ0v) is 23.3. The quantitative estimate of drug-likeness (QED) is 0.178. The number of carbonyl (C=O) groups is 3. The predicted molar refractivity (Wildman–Crippen MR) is 151 cm³/mol. The van der Waals surface area contributed by atoms with Gasteiger partial charge in [0, 0.05) is 0 Å². The van der Waals surface area contributed by atoms with Crippen molar-refractivity contribution in [3.05, 3.63) is 107 Å². The summed E-state index contributed by atoms with van der Waals surface area (Å²) in [5.41, 5.74) is 3.41. The van der Waals surface area contributed by atoms with Crippen LogP contribution in [0.4, 0.5) is 0 Å². The van der Waals surface area contributed by atoms with Gasteiger partial charge in [-0.1, -0.05) is 18.2 Å². The minimum atomic E-state index is -4.24. The maximum absolute atomic E-state index is 14.3. The van der Waals surface area contributed by atoms with Gasteiger partial charge >= 0.3 is 199 Å². The Morgan fingerprint density at radius 2 is 1.15 bits per heavy atom. The summed E-state index contributed by atoms with van der Waals surface area (Å²) in [5.74, 6) is 12.6. The monoisotopic (exact) mass is 574 g/mol. The van der Waals surface area contributed by atoms with E-state index in [0.29, 0.717) is 43.5 Å². The molecule has 8 unspecified atom stereocenters. The first-order valence-electron chi connectivity index (χ1n) is 14.9. The second kappa shape index (κ2) is 3.23. The van der Waals surface area contributed by atoms with Crippen molar-refractivity contribution in [3.8, 4) is 23.7 Å². The molecule has 1 spiro atoms. The van der Waals surface area contributed by atoms with Gasteiger partial charge in [-0.05, 0) is 12.1 Å². The molecule has 0 amide bonds. The molecule has 10 heterocycles. The number of rotatable bonds is 6. The van der Waals surface area contributed by atoms with E-state index in [1.807, 2.05) is 84.9 Å². The number of ketones is 3. The molecular weight excluding hydrogens is 548 g/mol. The van der Waals surface area contributed by atoms with Crippen LogP contribution < -0.4 is 0 Å². The van der Waals surface area contributed by atoms with Crippen LogP contribution in [0.1, 0.15) is 33.5 Å². The zero-order valence-electron chi connectivity index (χ0n) is 22.2. The van der Waals surface area contributed by atoms with Gasteiger partial charge in [-0.2, -0.15) is 0 Å². The molecule has 8 atom stereocenters. The van der Waals surface area contributed by atoms with Crippen molar-refractivity contribution in [1.29, 1.82) is 0 Å². The van der Waals surface area contributed by atoms with E-state index in [2.05, 4.69) is 23.7 Å². The Bertz CT molecular complexity index is 2430. The molecule has 200 valence electrons. The van der Waals surface area contributed by atoms with Gasteiger partial charge in [0.1, 0.15) is 0 Å². The van der Waals surface area contributed by atoms with E-state index in [0.717, 1.165) is 36.0 Å². The Morgan fingerprint density at radius 3 is 1.68 bits per heavy atom. The van der Waals surface area contributed by atoms with E-state index in [-0.39, 0.29) is 20.2 Å². The van der Waals surface area contributed by atoms with Crippen LogP contribution in [0.2, 0.25) is 47.2 Å². The third kappa shape index (κ3) is 0.548. The molecule has 0 radical (unpaired) electrons. The molecule has 10 aliphatic rings. The van der Waals surface area contributed by atoms with Gasteiger partial charge in [0.2, 0.25) is 0 Å². The molecule has 10 fully saturated rings. The minimum absolute atomic E-state index is 0.00141. The van der Waals surface area contributed by atoms with Crippen LogP contribution >= 0.6 is 0 Å². The first-order chi connectivity index (χ1) is 19.8. The predicted octanol–water partition coefficient (Wildman–Crippen LogP) is 7.17. The molecule has 4 heteroatoms. The number of hydrogen-bond donors (Lipinski definition) is 0. The van der Waals surface area contributed by atoms with Crippen LogP contribution in [0.3, 0.4) is 0 Å². The second-order valence-corrected chi connectivity index (χ2v) is 39.5. The third-order valence-electron chi connectivity index (χ3n) is 19.6. The molecule has 3 aromatic carbocycles. The van der Waals surface area contributed by atoms with Gasteiger partial charge in [0.25, 0.3) is 0 Å². The van der Waals surface area contributed by atoms with Gasteiger partial charge < -0.3 is 0 Å². The number of carbonyl (C=O) groups excluding carboxylic acids is 3. The summed E-state index contributed by atoms with van der Waals surface area (Å²) in [7, 11) is 0. The third-order valence-corrected chi connectivity index (χ3v) is 62.3. The average Bonchev–Trinajstić information content (AvgIpc) is 3.97. The Labute approximate surface area is 228 Å². The van der Waals surface area contributed by atoms with Gasteiger partial charge in [-0.3, -0.25) is 0 Å². The summed E-state index contributed by atoms with van der Waals surface area (Å²) in [4.78, 5) is 47.1. The van der Waals surface area contributed by atoms with E-state index < -0.39 is 6.51 Å². The SMILES string of the molecule is O=C(C#Cc1ccccc1)c1ccc(CCC(=O)[C]23[CH]4[CH]5[CH]6[CH]2[Fe]56432789[CH]3[CH]2[CH]7[C]8(C(=O)C#Cc2ccccc2)[CH]39)cc1. The van der Waals surface area contributed by atoms with E-state index in [1.165, 1.54) is 0 Å². The second-order valence-electron chi connectivity index (χ2n) is 16.3. The molecule has 41 heavy (non-hydrogen) atoms. The number of Topliss-reactive ketones (excluding diaryl/α,β-unsaturated/α-hetero) is 3. The maximum atomic E-state index is 14.3. The molecule has 3 nitrogen and oxygen atoms in total.